The zero-order valence-corrected chi connectivity index (χ0v) is 12.8. The third-order valence-corrected chi connectivity index (χ3v) is 3.86. The average molecular weight is 325 g/mol. The summed E-state index contributed by atoms with van der Waals surface area (Å²) >= 11 is 1.12. The van der Waals surface area contributed by atoms with Crippen molar-refractivity contribution in [3.05, 3.63) is 72.1 Å². The molecule has 1 aromatic heterocycles. The van der Waals surface area contributed by atoms with E-state index in [1.807, 2.05) is 30.3 Å². The molecular weight excluding hydrogens is 313 g/mol. The molecular formula is C17H12FN3OS. The number of nitrogens with zero attached hydrogens (tertiary/aromatic N) is 2. The van der Waals surface area contributed by atoms with Crippen molar-refractivity contribution in [1.29, 1.82) is 0 Å². The number of hydrogen-bond donors (Lipinski definition) is 1. The molecule has 0 aliphatic heterocycles. The van der Waals surface area contributed by atoms with Gasteiger partial charge in [0.2, 0.25) is 11.0 Å². The molecule has 3 aromatic rings. The second-order valence-corrected chi connectivity index (χ2v) is 5.60. The summed E-state index contributed by atoms with van der Waals surface area (Å²) in [5.41, 5.74) is 1.29. The molecule has 0 atom stereocenters. The van der Waals surface area contributed by atoms with E-state index in [2.05, 4.69) is 15.5 Å². The molecule has 114 valence electrons. The van der Waals surface area contributed by atoms with Crippen molar-refractivity contribution < 1.29 is 9.18 Å². The molecule has 0 aliphatic rings. The Balaban J connectivity index is 1.68. The van der Waals surface area contributed by atoms with Crippen molar-refractivity contribution in [3.63, 3.8) is 0 Å². The molecule has 0 unspecified atom stereocenters. The minimum Gasteiger partial charge on any atom is -0.297 e. The summed E-state index contributed by atoms with van der Waals surface area (Å²) in [4.78, 5) is 11.9. The Morgan fingerprint density at radius 1 is 1.04 bits per heavy atom. The molecule has 0 aliphatic carbocycles. The maximum Gasteiger partial charge on any atom is 0.250 e. The van der Waals surface area contributed by atoms with Gasteiger partial charge in [-0.2, -0.15) is 0 Å². The molecule has 3 rings (SSSR count). The quantitative estimate of drug-likeness (QED) is 0.738. The van der Waals surface area contributed by atoms with E-state index < -0.39 is 0 Å². The molecule has 0 saturated carbocycles. The van der Waals surface area contributed by atoms with Gasteiger partial charge in [-0.15, -0.1) is 10.2 Å². The fourth-order valence-corrected chi connectivity index (χ4v) is 2.67. The topological polar surface area (TPSA) is 54.9 Å². The summed E-state index contributed by atoms with van der Waals surface area (Å²) in [6.07, 6.45) is 3.12. The zero-order valence-electron chi connectivity index (χ0n) is 11.9. The van der Waals surface area contributed by atoms with Crippen LogP contribution in [0.25, 0.3) is 16.6 Å². The first-order valence-electron chi connectivity index (χ1n) is 6.85. The number of halogens is 1. The highest BCUT2D eigenvalue weighted by atomic mass is 32.1. The Morgan fingerprint density at radius 3 is 2.57 bits per heavy atom. The van der Waals surface area contributed by atoms with Gasteiger partial charge >= 0.3 is 0 Å². The second-order valence-electron chi connectivity index (χ2n) is 4.63. The van der Waals surface area contributed by atoms with Crippen LogP contribution in [0.1, 0.15) is 5.56 Å². The number of hydrogen-bond acceptors (Lipinski definition) is 4. The first kappa shape index (κ1) is 15.1. The van der Waals surface area contributed by atoms with Crippen molar-refractivity contribution in [1.82, 2.24) is 10.2 Å². The van der Waals surface area contributed by atoms with Crippen LogP contribution < -0.4 is 5.32 Å². The largest absolute Gasteiger partial charge is 0.297 e. The lowest BCUT2D eigenvalue weighted by Gasteiger charge is -1.96. The van der Waals surface area contributed by atoms with Crippen molar-refractivity contribution in [2.45, 2.75) is 0 Å². The van der Waals surface area contributed by atoms with Gasteiger partial charge in [-0.1, -0.05) is 53.8 Å². The van der Waals surface area contributed by atoms with Crippen molar-refractivity contribution in [2.24, 2.45) is 0 Å². The minimum atomic E-state index is -0.370. The highest BCUT2D eigenvalue weighted by Crippen LogP contribution is 2.28. The Bertz CT molecular complexity index is 846. The standard InChI is InChI=1S/C17H12FN3OS/c18-14-9-5-4-8-13(14)16-20-21-17(23-16)19-15(22)11-10-12-6-2-1-3-7-12/h1-11H,(H,19,21,22)/b11-10+. The lowest BCUT2D eigenvalue weighted by atomic mass is 10.2. The summed E-state index contributed by atoms with van der Waals surface area (Å²) in [6, 6.07) is 15.8. The van der Waals surface area contributed by atoms with Crippen LogP contribution in [0.3, 0.4) is 0 Å². The molecule has 0 radical (unpaired) electrons. The highest BCUT2D eigenvalue weighted by molar-refractivity contribution is 7.18. The van der Waals surface area contributed by atoms with E-state index in [0.29, 0.717) is 15.7 Å². The summed E-state index contributed by atoms with van der Waals surface area (Å²) in [6.45, 7) is 0. The van der Waals surface area contributed by atoms with Crippen LogP contribution >= 0.6 is 11.3 Å². The maximum atomic E-state index is 13.7. The van der Waals surface area contributed by atoms with Gasteiger partial charge in [0.25, 0.3) is 0 Å². The van der Waals surface area contributed by atoms with Gasteiger partial charge in [0.1, 0.15) is 5.82 Å². The molecule has 0 fully saturated rings. The number of anilines is 1. The normalized spacial score (nSPS) is 10.8. The van der Waals surface area contributed by atoms with Crippen LogP contribution in [-0.4, -0.2) is 16.1 Å². The Kier molecular flexibility index (Phi) is 4.54. The number of carbonyl (C=O) groups is 1. The number of aromatic nitrogens is 2. The lowest BCUT2D eigenvalue weighted by Crippen LogP contribution is -2.07. The molecule has 2 aromatic carbocycles. The molecule has 0 saturated heterocycles. The second kappa shape index (κ2) is 6.93. The zero-order chi connectivity index (χ0) is 16.1. The molecule has 0 bridgehead atoms. The van der Waals surface area contributed by atoms with E-state index in [1.54, 1.807) is 24.3 Å². The van der Waals surface area contributed by atoms with Gasteiger partial charge in [0, 0.05) is 11.6 Å². The molecule has 1 amide bonds. The lowest BCUT2D eigenvalue weighted by molar-refractivity contribution is -0.111. The third-order valence-electron chi connectivity index (χ3n) is 2.99. The summed E-state index contributed by atoms with van der Waals surface area (Å²) < 4.78 is 13.7. The molecule has 1 heterocycles. The minimum absolute atomic E-state index is 0.315. The fourth-order valence-electron chi connectivity index (χ4n) is 1.90. The van der Waals surface area contributed by atoms with Crippen LogP contribution in [0.15, 0.2) is 60.7 Å². The van der Waals surface area contributed by atoms with Crippen molar-refractivity contribution in [2.75, 3.05) is 5.32 Å². The fraction of sp³-hybridized carbons (Fsp3) is 0. The van der Waals surface area contributed by atoms with E-state index in [0.717, 1.165) is 16.9 Å². The van der Waals surface area contributed by atoms with Crippen LogP contribution in [0, 0.1) is 5.82 Å². The average Bonchev–Trinajstić information content (AvgIpc) is 3.02. The predicted molar refractivity (Wildman–Crippen MR) is 89.4 cm³/mol. The van der Waals surface area contributed by atoms with E-state index in [9.17, 15) is 9.18 Å². The number of carbonyl (C=O) groups excluding carboxylic acids is 1. The third kappa shape index (κ3) is 3.87. The maximum absolute atomic E-state index is 13.7. The van der Waals surface area contributed by atoms with E-state index >= 15 is 0 Å². The van der Waals surface area contributed by atoms with Crippen LogP contribution in [0.5, 0.6) is 0 Å². The Hall–Kier alpha value is -2.86. The monoisotopic (exact) mass is 325 g/mol. The molecule has 23 heavy (non-hydrogen) atoms. The predicted octanol–water partition coefficient (Wildman–Crippen LogP) is 4.00. The number of rotatable bonds is 4. The van der Waals surface area contributed by atoms with Gasteiger partial charge in [-0.3, -0.25) is 10.1 Å². The highest BCUT2D eigenvalue weighted by Gasteiger charge is 2.11. The summed E-state index contributed by atoms with van der Waals surface area (Å²) in [5.74, 6) is -0.685. The summed E-state index contributed by atoms with van der Waals surface area (Å²) in [7, 11) is 0. The number of nitrogens with one attached hydrogen (secondary N) is 1. The first-order chi connectivity index (χ1) is 11.2. The van der Waals surface area contributed by atoms with E-state index in [4.69, 9.17) is 0 Å². The molecule has 0 spiro atoms. The van der Waals surface area contributed by atoms with Crippen LogP contribution in [0.2, 0.25) is 0 Å². The summed E-state index contributed by atoms with van der Waals surface area (Å²) in [5, 5.41) is 11.1. The van der Waals surface area contributed by atoms with E-state index in [-0.39, 0.29) is 11.7 Å². The Labute approximate surface area is 136 Å². The number of amides is 1. The first-order valence-corrected chi connectivity index (χ1v) is 7.66. The smallest absolute Gasteiger partial charge is 0.250 e. The van der Waals surface area contributed by atoms with Crippen molar-refractivity contribution >= 4 is 28.5 Å². The van der Waals surface area contributed by atoms with Gasteiger partial charge < -0.3 is 0 Å². The van der Waals surface area contributed by atoms with Gasteiger partial charge in [-0.05, 0) is 23.8 Å². The Morgan fingerprint density at radius 2 is 1.78 bits per heavy atom. The number of benzene rings is 2. The molecule has 6 heteroatoms. The molecule has 1 N–H and O–H groups in total. The van der Waals surface area contributed by atoms with Gasteiger partial charge in [-0.25, -0.2) is 4.39 Å². The molecule has 4 nitrogen and oxygen atoms in total. The van der Waals surface area contributed by atoms with Crippen LogP contribution in [-0.2, 0) is 4.79 Å². The van der Waals surface area contributed by atoms with Crippen LogP contribution in [0.4, 0.5) is 9.52 Å². The van der Waals surface area contributed by atoms with Gasteiger partial charge in [0.05, 0.1) is 0 Å². The SMILES string of the molecule is O=C(/C=C/c1ccccc1)Nc1nnc(-c2ccccc2F)s1. The van der Waals surface area contributed by atoms with Gasteiger partial charge in [0.15, 0.2) is 5.01 Å². The van der Waals surface area contributed by atoms with Crippen molar-refractivity contribution in [3.8, 4) is 10.6 Å². The van der Waals surface area contributed by atoms with E-state index in [1.165, 1.54) is 12.1 Å².